The van der Waals surface area contributed by atoms with Gasteiger partial charge < -0.3 is 10.8 Å². The number of aryl methyl sites for hydroxylation is 1. The van der Waals surface area contributed by atoms with Crippen molar-refractivity contribution in [1.82, 2.24) is 0 Å². The molecular formula is C14H15NO. The molecule has 0 amide bonds. The molecule has 16 heavy (non-hydrogen) atoms. The maximum atomic E-state index is 9.46. The quantitative estimate of drug-likeness (QED) is 0.805. The van der Waals surface area contributed by atoms with E-state index in [1.165, 1.54) is 5.56 Å². The Morgan fingerprint density at radius 3 is 2.62 bits per heavy atom. The van der Waals surface area contributed by atoms with Gasteiger partial charge in [0.25, 0.3) is 0 Å². The van der Waals surface area contributed by atoms with Gasteiger partial charge in [0.1, 0.15) is 5.75 Å². The lowest BCUT2D eigenvalue weighted by Crippen LogP contribution is -1.99. The second kappa shape index (κ2) is 4.37. The van der Waals surface area contributed by atoms with Crippen LogP contribution in [0.3, 0.4) is 0 Å². The third kappa shape index (κ3) is 2.07. The number of benzene rings is 2. The second-order valence-corrected chi connectivity index (χ2v) is 3.92. The molecule has 0 aromatic heterocycles. The van der Waals surface area contributed by atoms with E-state index < -0.39 is 0 Å². The summed E-state index contributed by atoms with van der Waals surface area (Å²) in [6, 6.07) is 13.4. The van der Waals surface area contributed by atoms with Crippen LogP contribution in [0.15, 0.2) is 42.5 Å². The molecule has 0 atom stereocenters. The zero-order valence-electron chi connectivity index (χ0n) is 9.27. The third-order valence-corrected chi connectivity index (χ3v) is 2.64. The summed E-state index contributed by atoms with van der Waals surface area (Å²) in [6.07, 6.45) is 0. The smallest absolute Gasteiger partial charge is 0.116 e. The SMILES string of the molecule is Cc1ccc(-c2cccc(O)c2)c(CN)c1. The fourth-order valence-electron chi connectivity index (χ4n) is 1.85. The van der Waals surface area contributed by atoms with Gasteiger partial charge in [-0.15, -0.1) is 0 Å². The van der Waals surface area contributed by atoms with Crippen LogP contribution in [0, 0.1) is 6.92 Å². The van der Waals surface area contributed by atoms with E-state index in [0.717, 1.165) is 16.7 Å². The Morgan fingerprint density at radius 2 is 1.94 bits per heavy atom. The summed E-state index contributed by atoms with van der Waals surface area (Å²) in [6.45, 7) is 2.55. The van der Waals surface area contributed by atoms with Crippen molar-refractivity contribution in [2.24, 2.45) is 5.73 Å². The zero-order chi connectivity index (χ0) is 11.5. The Balaban J connectivity index is 2.55. The Hall–Kier alpha value is -1.80. The van der Waals surface area contributed by atoms with Gasteiger partial charge in [-0.3, -0.25) is 0 Å². The molecule has 0 unspecified atom stereocenters. The van der Waals surface area contributed by atoms with Crippen molar-refractivity contribution >= 4 is 0 Å². The minimum Gasteiger partial charge on any atom is -0.508 e. The van der Waals surface area contributed by atoms with E-state index in [2.05, 4.69) is 12.1 Å². The highest BCUT2D eigenvalue weighted by molar-refractivity contribution is 5.69. The van der Waals surface area contributed by atoms with E-state index in [-0.39, 0.29) is 5.75 Å². The standard InChI is InChI=1S/C14H15NO/c1-10-5-6-14(12(7-10)9-15)11-3-2-4-13(16)8-11/h2-8,16H,9,15H2,1H3. The normalized spacial score (nSPS) is 10.4. The Kier molecular flexibility index (Phi) is 2.93. The van der Waals surface area contributed by atoms with Gasteiger partial charge in [0.05, 0.1) is 0 Å². The summed E-state index contributed by atoms with van der Waals surface area (Å²) in [5.41, 5.74) is 10.1. The molecule has 0 aliphatic heterocycles. The number of phenols is 1. The predicted octanol–water partition coefficient (Wildman–Crippen LogP) is 2.83. The first-order valence-corrected chi connectivity index (χ1v) is 5.29. The molecule has 82 valence electrons. The van der Waals surface area contributed by atoms with Crippen molar-refractivity contribution < 1.29 is 5.11 Å². The molecule has 2 nitrogen and oxygen atoms in total. The molecule has 2 aromatic carbocycles. The highest BCUT2D eigenvalue weighted by Gasteiger charge is 2.04. The highest BCUT2D eigenvalue weighted by Crippen LogP contribution is 2.27. The van der Waals surface area contributed by atoms with Crippen LogP contribution < -0.4 is 5.73 Å². The first-order valence-electron chi connectivity index (χ1n) is 5.29. The minimum atomic E-state index is 0.279. The number of phenolic OH excluding ortho intramolecular Hbond substituents is 1. The third-order valence-electron chi connectivity index (χ3n) is 2.64. The van der Waals surface area contributed by atoms with Gasteiger partial charge in [-0.05, 0) is 35.7 Å². The van der Waals surface area contributed by atoms with E-state index in [9.17, 15) is 5.11 Å². The van der Waals surface area contributed by atoms with Gasteiger partial charge in [0, 0.05) is 6.54 Å². The summed E-state index contributed by atoms with van der Waals surface area (Å²) in [7, 11) is 0. The predicted molar refractivity (Wildman–Crippen MR) is 66.2 cm³/mol. The van der Waals surface area contributed by atoms with Crippen LogP contribution in [-0.4, -0.2) is 5.11 Å². The fraction of sp³-hybridized carbons (Fsp3) is 0.143. The van der Waals surface area contributed by atoms with Crippen LogP contribution in [0.25, 0.3) is 11.1 Å². The Morgan fingerprint density at radius 1 is 1.12 bits per heavy atom. The van der Waals surface area contributed by atoms with Gasteiger partial charge >= 0.3 is 0 Å². The number of aromatic hydroxyl groups is 1. The van der Waals surface area contributed by atoms with Crippen molar-refractivity contribution in [2.45, 2.75) is 13.5 Å². The van der Waals surface area contributed by atoms with Gasteiger partial charge in [0.15, 0.2) is 0 Å². The van der Waals surface area contributed by atoms with E-state index in [4.69, 9.17) is 5.73 Å². The van der Waals surface area contributed by atoms with Crippen LogP contribution in [0.1, 0.15) is 11.1 Å². The summed E-state index contributed by atoms with van der Waals surface area (Å²) >= 11 is 0. The van der Waals surface area contributed by atoms with Crippen molar-refractivity contribution in [3.8, 4) is 16.9 Å². The summed E-state index contributed by atoms with van der Waals surface area (Å²) in [4.78, 5) is 0. The second-order valence-electron chi connectivity index (χ2n) is 3.92. The molecule has 0 radical (unpaired) electrons. The van der Waals surface area contributed by atoms with E-state index in [1.54, 1.807) is 12.1 Å². The van der Waals surface area contributed by atoms with Crippen LogP contribution in [-0.2, 0) is 6.54 Å². The van der Waals surface area contributed by atoms with Crippen molar-refractivity contribution in [3.63, 3.8) is 0 Å². The lowest BCUT2D eigenvalue weighted by atomic mass is 9.98. The minimum absolute atomic E-state index is 0.279. The van der Waals surface area contributed by atoms with Crippen LogP contribution >= 0.6 is 0 Å². The molecule has 0 saturated carbocycles. The molecule has 0 bridgehead atoms. The van der Waals surface area contributed by atoms with Gasteiger partial charge in [-0.1, -0.05) is 35.9 Å². The fourth-order valence-corrected chi connectivity index (χ4v) is 1.85. The van der Waals surface area contributed by atoms with Crippen molar-refractivity contribution in [1.29, 1.82) is 0 Å². The maximum absolute atomic E-state index is 9.46. The first kappa shape index (κ1) is 10.7. The van der Waals surface area contributed by atoms with Gasteiger partial charge in [-0.2, -0.15) is 0 Å². The number of hydrogen-bond acceptors (Lipinski definition) is 2. The molecule has 0 fully saturated rings. The molecular weight excluding hydrogens is 198 g/mol. The average Bonchev–Trinajstić information content (AvgIpc) is 2.28. The van der Waals surface area contributed by atoms with E-state index in [1.807, 2.05) is 25.1 Å². The molecule has 0 aliphatic carbocycles. The maximum Gasteiger partial charge on any atom is 0.116 e. The van der Waals surface area contributed by atoms with Crippen molar-refractivity contribution in [2.75, 3.05) is 0 Å². The highest BCUT2D eigenvalue weighted by atomic mass is 16.3. The average molecular weight is 213 g/mol. The molecule has 0 heterocycles. The van der Waals surface area contributed by atoms with Gasteiger partial charge in [0.2, 0.25) is 0 Å². The molecule has 0 saturated heterocycles. The van der Waals surface area contributed by atoms with Crippen molar-refractivity contribution in [3.05, 3.63) is 53.6 Å². The molecule has 0 spiro atoms. The summed E-state index contributed by atoms with van der Waals surface area (Å²) in [5.74, 6) is 0.279. The molecule has 2 rings (SSSR count). The topological polar surface area (TPSA) is 46.2 Å². The molecule has 2 heteroatoms. The molecule has 2 aromatic rings. The van der Waals surface area contributed by atoms with E-state index in [0.29, 0.717) is 6.54 Å². The summed E-state index contributed by atoms with van der Waals surface area (Å²) in [5, 5.41) is 9.46. The Labute approximate surface area is 95.4 Å². The monoisotopic (exact) mass is 213 g/mol. The lowest BCUT2D eigenvalue weighted by molar-refractivity contribution is 0.475. The van der Waals surface area contributed by atoms with Crippen LogP contribution in [0.4, 0.5) is 0 Å². The van der Waals surface area contributed by atoms with Crippen LogP contribution in [0.5, 0.6) is 5.75 Å². The summed E-state index contributed by atoms with van der Waals surface area (Å²) < 4.78 is 0. The number of hydrogen-bond donors (Lipinski definition) is 2. The first-order chi connectivity index (χ1) is 7.70. The number of nitrogens with two attached hydrogens (primary N) is 1. The molecule has 3 N–H and O–H groups in total. The van der Waals surface area contributed by atoms with Crippen LogP contribution in [0.2, 0.25) is 0 Å². The zero-order valence-corrected chi connectivity index (χ0v) is 9.27. The van der Waals surface area contributed by atoms with Gasteiger partial charge in [-0.25, -0.2) is 0 Å². The Bertz CT molecular complexity index is 506. The lowest BCUT2D eigenvalue weighted by Gasteiger charge is -2.09. The van der Waals surface area contributed by atoms with E-state index >= 15 is 0 Å². The molecule has 0 aliphatic rings. The largest absolute Gasteiger partial charge is 0.508 e. The number of rotatable bonds is 2.